The standard InChI is InChI=1S/C10H12ClFN2O2S/c11-5-9-2-1-3-14(9)17(15,16)10-4-8(12)6-13-7-10/h4,6-7,9H,1-3,5H2/t9-/m0/s1. The Kier molecular flexibility index (Phi) is 3.65. The molecule has 7 heteroatoms. The molecule has 94 valence electrons. The van der Waals surface area contributed by atoms with Gasteiger partial charge in [0.15, 0.2) is 0 Å². The lowest BCUT2D eigenvalue weighted by atomic mass is 10.3. The lowest BCUT2D eigenvalue weighted by Gasteiger charge is -2.21. The second-order valence-corrected chi connectivity index (χ2v) is 6.10. The molecule has 1 saturated heterocycles. The van der Waals surface area contributed by atoms with E-state index >= 15 is 0 Å². The summed E-state index contributed by atoms with van der Waals surface area (Å²) in [5.41, 5.74) is 0. The van der Waals surface area contributed by atoms with Crippen molar-refractivity contribution in [1.29, 1.82) is 0 Å². The molecule has 1 aliphatic rings. The van der Waals surface area contributed by atoms with Gasteiger partial charge in [-0.1, -0.05) is 0 Å². The van der Waals surface area contributed by atoms with Crippen molar-refractivity contribution in [3.05, 3.63) is 24.3 Å². The van der Waals surface area contributed by atoms with Crippen LogP contribution in [0.2, 0.25) is 0 Å². The highest BCUT2D eigenvalue weighted by atomic mass is 35.5. The molecule has 0 N–H and O–H groups in total. The molecule has 0 radical (unpaired) electrons. The van der Waals surface area contributed by atoms with Crippen LogP contribution in [0.15, 0.2) is 23.4 Å². The largest absolute Gasteiger partial charge is 0.260 e. The molecule has 0 unspecified atom stereocenters. The topological polar surface area (TPSA) is 50.3 Å². The highest BCUT2D eigenvalue weighted by molar-refractivity contribution is 7.89. The summed E-state index contributed by atoms with van der Waals surface area (Å²) in [7, 11) is -3.68. The van der Waals surface area contributed by atoms with Crippen LogP contribution < -0.4 is 0 Å². The third-order valence-corrected chi connectivity index (χ3v) is 5.06. The molecule has 17 heavy (non-hydrogen) atoms. The minimum absolute atomic E-state index is 0.116. The average molecular weight is 279 g/mol. The van der Waals surface area contributed by atoms with Crippen LogP contribution in [0.25, 0.3) is 0 Å². The van der Waals surface area contributed by atoms with Crippen LogP contribution in [0.5, 0.6) is 0 Å². The van der Waals surface area contributed by atoms with Crippen LogP contribution in [0, 0.1) is 5.82 Å². The van der Waals surface area contributed by atoms with E-state index in [-0.39, 0.29) is 16.8 Å². The van der Waals surface area contributed by atoms with Crippen LogP contribution in [0.4, 0.5) is 4.39 Å². The molecular weight excluding hydrogens is 267 g/mol. The first-order valence-electron chi connectivity index (χ1n) is 5.24. The molecule has 1 aromatic heterocycles. The number of aromatic nitrogens is 1. The van der Waals surface area contributed by atoms with Crippen molar-refractivity contribution in [3.63, 3.8) is 0 Å². The van der Waals surface area contributed by atoms with Gasteiger partial charge in [0.1, 0.15) is 10.7 Å². The molecule has 1 fully saturated rings. The number of hydrogen-bond acceptors (Lipinski definition) is 3. The van der Waals surface area contributed by atoms with E-state index in [4.69, 9.17) is 11.6 Å². The van der Waals surface area contributed by atoms with Crippen LogP contribution >= 0.6 is 11.6 Å². The van der Waals surface area contributed by atoms with Gasteiger partial charge in [0, 0.05) is 24.7 Å². The fourth-order valence-corrected chi connectivity index (χ4v) is 4.02. The minimum Gasteiger partial charge on any atom is -0.260 e. The SMILES string of the molecule is O=S(=O)(c1cncc(F)c1)N1CCC[C@H]1CCl. The van der Waals surface area contributed by atoms with E-state index in [2.05, 4.69) is 4.98 Å². The molecule has 0 amide bonds. The highest BCUT2D eigenvalue weighted by Gasteiger charge is 2.34. The summed E-state index contributed by atoms with van der Waals surface area (Å²) < 4.78 is 38.8. The Balaban J connectivity index is 2.36. The first-order chi connectivity index (χ1) is 8.05. The Labute approximate surface area is 104 Å². The van der Waals surface area contributed by atoms with Gasteiger partial charge in [0.05, 0.1) is 6.20 Å². The summed E-state index contributed by atoms with van der Waals surface area (Å²) in [6.07, 6.45) is 3.65. The number of sulfonamides is 1. The van der Waals surface area contributed by atoms with Gasteiger partial charge in [-0.15, -0.1) is 11.6 Å². The van der Waals surface area contributed by atoms with Gasteiger partial charge in [0.25, 0.3) is 0 Å². The zero-order valence-corrected chi connectivity index (χ0v) is 10.6. The van der Waals surface area contributed by atoms with Crippen LogP contribution in [-0.4, -0.2) is 36.2 Å². The number of alkyl halides is 1. The summed E-state index contributed by atoms with van der Waals surface area (Å²) >= 11 is 5.73. The molecule has 0 aromatic carbocycles. The van der Waals surface area contributed by atoms with Crippen molar-refractivity contribution >= 4 is 21.6 Å². The van der Waals surface area contributed by atoms with E-state index in [1.807, 2.05) is 0 Å². The Morgan fingerprint density at radius 1 is 1.53 bits per heavy atom. The maximum absolute atomic E-state index is 13.0. The van der Waals surface area contributed by atoms with Crippen molar-refractivity contribution in [1.82, 2.24) is 9.29 Å². The molecule has 2 rings (SSSR count). The number of halogens is 2. The van der Waals surface area contributed by atoms with E-state index in [1.54, 1.807) is 0 Å². The number of nitrogens with zero attached hydrogens (tertiary/aromatic N) is 2. The van der Waals surface area contributed by atoms with E-state index in [0.717, 1.165) is 31.3 Å². The lowest BCUT2D eigenvalue weighted by molar-refractivity contribution is 0.410. The van der Waals surface area contributed by atoms with Gasteiger partial charge in [0.2, 0.25) is 10.0 Å². The van der Waals surface area contributed by atoms with Crippen LogP contribution in [0.3, 0.4) is 0 Å². The molecule has 0 saturated carbocycles. The molecule has 2 heterocycles. The van der Waals surface area contributed by atoms with E-state index in [1.165, 1.54) is 4.31 Å². The average Bonchev–Trinajstić information content (AvgIpc) is 2.77. The maximum Gasteiger partial charge on any atom is 0.245 e. The van der Waals surface area contributed by atoms with E-state index in [0.29, 0.717) is 6.54 Å². The second-order valence-electron chi connectivity index (χ2n) is 3.90. The molecular formula is C10H12ClFN2O2S. The van der Waals surface area contributed by atoms with E-state index < -0.39 is 15.8 Å². The van der Waals surface area contributed by atoms with E-state index in [9.17, 15) is 12.8 Å². The fourth-order valence-electron chi connectivity index (χ4n) is 1.95. The zero-order chi connectivity index (χ0) is 12.5. The summed E-state index contributed by atoms with van der Waals surface area (Å²) in [6.45, 7) is 0.427. The third-order valence-electron chi connectivity index (χ3n) is 2.79. The summed E-state index contributed by atoms with van der Waals surface area (Å²) in [5.74, 6) is -0.408. The number of pyridine rings is 1. The van der Waals surface area contributed by atoms with Crippen molar-refractivity contribution < 1.29 is 12.8 Å². The lowest BCUT2D eigenvalue weighted by Crippen LogP contribution is -2.36. The predicted octanol–water partition coefficient (Wildman–Crippen LogP) is 1.61. The van der Waals surface area contributed by atoms with Gasteiger partial charge < -0.3 is 0 Å². The summed E-state index contributed by atoms with van der Waals surface area (Å²) in [4.78, 5) is 3.44. The van der Waals surface area contributed by atoms with Gasteiger partial charge in [-0.05, 0) is 18.9 Å². The Morgan fingerprint density at radius 2 is 2.29 bits per heavy atom. The smallest absolute Gasteiger partial charge is 0.245 e. The third kappa shape index (κ3) is 2.43. The Bertz CT molecular complexity index is 509. The van der Waals surface area contributed by atoms with Gasteiger partial charge >= 0.3 is 0 Å². The molecule has 0 spiro atoms. The van der Waals surface area contributed by atoms with Crippen LogP contribution in [-0.2, 0) is 10.0 Å². The van der Waals surface area contributed by atoms with Crippen molar-refractivity contribution in [2.75, 3.05) is 12.4 Å². The van der Waals surface area contributed by atoms with Crippen molar-refractivity contribution in [2.24, 2.45) is 0 Å². The molecule has 1 aromatic rings. The second kappa shape index (κ2) is 4.88. The Hall–Kier alpha value is -0.720. The normalized spacial score (nSPS) is 21.9. The minimum atomic E-state index is -3.68. The predicted molar refractivity (Wildman–Crippen MR) is 61.8 cm³/mol. The van der Waals surface area contributed by atoms with Gasteiger partial charge in [-0.3, -0.25) is 4.98 Å². The first kappa shape index (κ1) is 12.7. The molecule has 4 nitrogen and oxygen atoms in total. The van der Waals surface area contributed by atoms with Crippen LogP contribution in [0.1, 0.15) is 12.8 Å². The molecule has 1 aliphatic heterocycles. The van der Waals surface area contributed by atoms with Gasteiger partial charge in [-0.25, -0.2) is 12.8 Å². The first-order valence-corrected chi connectivity index (χ1v) is 7.21. The van der Waals surface area contributed by atoms with Crippen molar-refractivity contribution in [2.45, 2.75) is 23.8 Å². The van der Waals surface area contributed by atoms with Gasteiger partial charge in [-0.2, -0.15) is 4.31 Å². The molecule has 0 aliphatic carbocycles. The Morgan fingerprint density at radius 3 is 2.94 bits per heavy atom. The number of hydrogen-bond donors (Lipinski definition) is 0. The maximum atomic E-state index is 13.0. The zero-order valence-electron chi connectivity index (χ0n) is 9.01. The summed E-state index contributed by atoms with van der Waals surface area (Å²) in [6, 6.07) is 0.774. The monoisotopic (exact) mass is 278 g/mol. The van der Waals surface area contributed by atoms with Crippen molar-refractivity contribution in [3.8, 4) is 0 Å². The number of rotatable bonds is 3. The summed E-state index contributed by atoms with van der Waals surface area (Å²) in [5, 5.41) is 0. The fraction of sp³-hybridized carbons (Fsp3) is 0.500. The molecule has 1 atom stereocenters. The highest BCUT2D eigenvalue weighted by Crippen LogP contribution is 2.26. The quantitative estimate of drug-likeness (QED) is 0.790. The molecule has 0 bridgehead atoms.